The van der Waals surface area contributed by atoms with E-state index in [2.05, 4.69) is 0 Å². The van der Waals surface area contributed by atoms with Gasteiger partial charge in [-0.2, -0.15) is 0 Å². The Labute approximate surface area is 264 Å². The van der Waals surface area contributed by atoms with Gasteiger partial charge in [0.15, 0.2) is 0 Å². The van der Waals surface area contributed by atoms with Gasteiger partial charge in [-0.15, -0.1) is 0 Å². The zero-order valence-corrected chi connectivity index (χ0v) is 27.9. The zero-order chi connectivity index (χ0) is 37.8. The molecule has 0 unspecified atom stereocenters. The summed E-state index contributed by atoms with van der Waals surface area (Å²) in [4.78, 5) is 0. The summed E-state index contributed by atoms with van der Waals surface area (Å²) in [5, 5.41) is 0. The third kappa shape index (κ3) is 7.49. The first-order valence-electron chi connectivity index (χ1n) is 13.1. The van der Waals surface area contributed by atoms with Gasteiger partial charge in [0.2, 0.25) is 0 Å². The van der Waals surface area contributed by atoms with Crippen molar-refractivity contribution in [3.63, 3.8) is 0 Å². The van der Waals surface area contributed by atoms with E-state index in [1.165, 1.54) is 41.5 Å². The average Bonchev–Trinajstić information content (AvgIpc) is 3.51. The molecule has 0 aromatic heterocycles. The molecule has 1 aliphatic rings. The summed E-state index contributed by atoms with van der Waals surface area (Å²) in [5.41, 5.74) is -20.3. The van der Waals surface area contributed by atoms with Crippen LogP contribution in [0.5, 0.6) is 0 Å². The predicted molar refractivity (Wildman–Crippen MR) is 135 cm³/mol. The van der Waals surface area contributed by atoms with Crippen LogP contribution in [0.3, 0.4) is 0 Å². The molecule has 0 bridgehead atoms. The van der Waals surface area contributed by atoms with Crippen LogP contribution in [0, 0.1) is 10.8 Å². The number of benzene rings is 2. The summed E-state index contributed by atoms with van der Waals surface area (Å²) in [5.74, 6) is 0. The first kappa shape index (κ1) is 40.0. The monoisotopic (exact) mass is 836 g/mol. The molecule has 0 spiro atoms. The molecule has 3 rings (SSSR count). The Morgan fingerprint density at radius 1 is 0.417 bits per heavy atom. The van der Waals surface area contributed by atoms with Crippen LogP contribution in [0.1, 0.15) is 74.9 Å². The molecule has 270 valence electrons. The van der Waals surface area contributed by atoms with Gasteiger partial charge in [-0.05, 0) is 0 Å². The Kier molecular flexibility index (Phi) is 9.38. The van der Waals surface area contributed by atoms with Gasteiger partial charge < -0.3 is 0 Å². The van der Waals surface area contributed by atoms with E-state index < -0.39 is 141 Å². The van der Waals surface area contributed by atoms with Gasteiger partial charge in [-0.3, -0.25) is 0 Å². The van der Waals surface area contributed by atoms with Crippen molar-refractivity contribution in [2.45, 2.75) is 78.6 Å². The topological polar surface area (TPSA) is 12.5 Å². The number of alkyl halides is 18. The fraction of sp³-hybridized carbons (Fsp3) is 0.500. The van der Waals surface area contributed by atoms with E-state index in [0.717, 1.165) is 0 Å². The molecular formula is C28H22F18OSn. The third-order valence-corrected chi connectivity index (χ3v) is 18.0. The first-order chi connectivity index (χ1) is 20.9. The van der Waals surface area contributed by atoms with E-state index in [1.807, 2.05) is 0 Å². The van der Waals surface area contributed by atoms with Crippen LogP contribution in [0.15, 0.2) is 33.6 Å². The molecule has 2 aromatic rings. The van der Waals surface area contributed by atoms with E-state index in [-0.39, 0.29) is 0 Å². The summed E-state index contributed by atoms with van der Waals surface area (Å²) in [7, 11) is 0. The molecule has 0 amide bonds. The van der Waals surface area contributed by atoms with Crippen molar-refractivity contribution in [2.75, 3.05) is 0 Å². The SMILES string of the molecule is CC(C)(C)C(=[C]1[O][Sn]1([c]1c(C(F)(F)F)cc(C(F)(F)F)cc1C(F)(F)F)[c]1c(C(F)(F)F)cc(C(F)(F)F)cc1C(F)(F)F)C(C)(C)C. The zero-order valence-electron chi connectivity index (χ0n) is 25.0. The van der Waals surface area contributed by atoms with Crippen molar-refractivity contribution in [1.82, 2.24) is 0 Å². The summed E-state index contributed by atoms with van der Waals surface area (Å²) < 4.78 is 256. The molecule has 2 aromatic carbocycles. The summed E-state index contributed by atoms with van der Waals surface area (Å²) in [6.45, 7) is 7.35. The molecule has 1 aliphatic heterocycles. The summed E-state index contributed by atoms with van der Waals surface area (Å²) in [6, 6.07) is -3.61. The van der Waals surface area contributed by atoms with Crippen LogP contribution in [0.2, 0.25) is 0 Å². The van der Waals surface area contributed by atoms with Crippen LogP contribution < -0.4 is 7.16 Å². The van der Waals surface area contributed by atoms with Gasteiger partial charge in [0, 0.05) is 0 Å². The number of allylic oxidation sites excluding steroid dienone is 1. The average molecular weight is 835 g/mol. The molecule has 0 atom stereocenters. The number of hydrogen-bond acceptors (Lipinski definition) is 1. The fourth-order valence-electron chi connectivity index (χ4n) is 5.88. The van der Waals surface area contributed by atoms with Crippen LogP contribution >= 0.6 is 0 Å². The Hall–Kier alpha value is -2.48. The second-order valence-electron chi connectivity index (χ2n) is 12.9. The molecule has 0 N–H and O–H groups in total. The van der Waals surface area contributed by atoms with Crippen molar-refractivity contribution in [2.24, 2.45) is 10.8 Å². The number of hydrogen-bond donors (Lipinski definition) is 0. The summed E-state index contributed by atoms with van der Waals surface area (Å²) in [6.07, 6.45) is -37.1. The molecule has 48 heavy (non-hydrogen) atoms. The number of halogens is 18. The Bertz CT molecular complexity index is 1440. The third-order valence-electron chi connectivity index (χ3n) is 7.12. The van der Waals surface area contributed by atoms with E-state index in [1.54, 1.807) is 0 Å². The molecule has 1 heterocycles. The second-order valence-corrected chi connectivity index (χ2v) is 21.5. The van der Waals surface area contributed by atoms with Crippen molar-refractivity contribution < 1.29 is 82.1 Å². The van der Waals surface area contributed by atoms with E-state index in [4.69, 9.17) is 3.07 Å². The Balaban J connectivity index is 2.96. The fourth-order valence-corrected chi connectivity index (χ4v) is 21.4. The van der Waals surface area contributed by atoms with E-state index >= 15 is 0 Å². The van der Waals surface area contributed by atoms with Crippen LogP contribution in [-0.4, -0.2) is 18.8 Å². The van der Waals surface area contributed by atoms with Gasteiger partial charge in [0.25, 0.3) is 0 Å². The van der Waals surface area contributed by atoms with Crippen molar-refractivity contribution >= 4 is 25.9 Å². The van der Waals surface area contributed by atoms with E-state index in [0.29, 0.717) is 0 Å². The molecule has 1 saturated heterocycles. The van der Waals surface area contributed by atoms with Crippen LogP contribution in [0.25, 0.3) is 0 Å². The van der Waals surface area contributed by atoms with E-state index in [9.17, 15) is 79.0 Å². The van der Waals surface area contributed by atoms with Crippen molar-refractivity contribution in [1.29, 1.82) is 0 Å². The molecule has 0 radical (unpaired) electrons. The maximum absolute atomic E-state index is 14.6. The minimum atomic E-state index is -7.82. The van der Waals surface area contributed by atoms with Gasteiger partial charge in [-0.1, -0.05) is 0 Å². The molecule has 1 fully saturated rings. The Morgan fingerprint density at radius 2 is 0.646 bits per heavy atom. The van der Waals surface area contributed by atoms with Gasteiger partial charge >= 0.3 is 264 Å². The molecule has 0 saturated carbocycles. The first-order valence-corrected chi connectivity index (χ1v) is 18.6. The minimum absolute atomic E-state index is 0.409. The predicted octanol–water partition coefficient (Wildman–Crippen LogP) is 10.8. The van der Waals surface area contributed by atoms with Gasteiger partial charge in [0.05, 0.1) is 0 Å². The molecule has 1 nitrogen and oxygen atoms in total. The molecule has 0 aliphatic carbocycles. The maximum atomic E-state index is 14.6. The second kappa shape index (κ2) is 11.3. The molecule has 20 heteroatoms. The molecular weight excluding hydrogens is 813 g/mol. The van der Waals surface area contributed by atoms with Crippen molar-refractivity contribution in [3.05, 3.63) is 67.0 Å². The quantitative estimate of drug-likeness (QED) is 0.167. The normalized spacial score (nSPS) is 16.6. The standard InChI is InChI=1S/C10H18O.2C9H2F9.Sn/c1-9(2,3)8(7-11)10(4,5)6;2*10-7(11,12)4-1-5(8(13,14)15)3-6(2-4)9(16,17)18;/h1-6H3;2*1-2H;/q-1;;;+1. The van der Waals surface area contributed by atoms with Crippen molar-refractivity contribution in [3.8, 4) is 0 Å². The Morgan fingerprint density at radius 3 is 0.812 bits per heavy atom. The van der Waals surface area contributed by atoms with Gasteiger partial charge in [-0.25, -0.2) is 0 Å². The summed E-state index contributed by atoms with van der Waals surface area (Å²) >= 11 is -7.82. The van der Waals surface area contributed by atoms with Crippen LogP contribution in [-0.2, 0) is 40.1 Å². The number of rotatable bonds is 2. The van der Waals surface area contributed by atoms with Gasteiger partial charge in [0.1, 0.15) is 0 Å². The van der Waals surface area contributed by atoms with Crippen LogP contribution in [0.4, 0.5) is 79.0 Å².